The molecule has 2 aromatic rings. The number of nitrogens with one attached hydrogen (secondary N) is 1. The Morgan fingerprint density at radius 3 is 2.47 bits per heavy atom. The van der Waals surface area contributed by atoms with Crippen molar-refractivity contribution in [1.29, 1.82) is 0 Å². The normalized spacial score (nSPS) is 14.9. The summed E-state index contributed by atoms with van der Waals surface area (Å²) in [5.74, 6) is 0.623. The van der Waals surface area contributed by atoms with Gasteiger partial charge >= 0.3 is 0 Å². The maximum atomic E-state index is 13.3. The molecule has 3 rings (SSSR count). The van der Waals surface area contributed by atoms with Crippen LogP contribution < -0.4 is 10.1 Å². The molecule has 0 bridgehead atoms. The fourth-order valence-corrected chi connectivity index (χ4v) is 4.69. The quantitative estimate of drug-likeness (QED) is 0.359. The molecule has 1 N–H and O–H groups in total. The first-order valence-electron chi connectivity index (χ1n) is 12.2. The van der Waals surface area contributed by atoms with Gasteiger partial charge in [-0.2, -0.15) is 0 Å². The van der Waals surface area contributed by atoms with E-state index in [0.29, 0.717) is 42.5 Å². The van der Waals surface area contributed by atoms with Gasteiger partial charge in [-0.3, -0.25) is 9.59 Å². The lowest BCUT2D eigenvalue weighted by Gasteiger charge is -2.33. The molecule has 1 saturated carbocycles. The Labute approximate surface area is 212 Å². The van der Waals surface area contributed by atoms with Crippen molar-refractivity contribution in [2.75, 3.05) is 6.61 Å². The summed E-state index contributed by atoms with van der Waals surface area (Å²) < 4.78 is 5.74. The zero-order valence-electron chi connectivity index (χ0n) is 19.8. The first-order valence-corrected chi connectivity index (χ1v) is 12.9. The number of para-hydroxylation sites is 1. The molecule has 0 spiro atoms. The van der Waals surface area contributed by atoms with E-state index in [1.54, 1.807) is 17.0 Å². The van der Waals surface area contributed by atoms with Crippen molar-refractivity contribution in [3.05, 3.63) is 64.1 Å². The van der Waals surface area contributed by atoms with Gasteiger partial charge < -0.3 is 15.0 Å². The lowest BCUT2D eigenvalue weighted by Crippen LogP contribution is -2.51. The summed E-state index contributed by atoms with van der Waals surface area (Å²) in [6.07, 6.45) is 6.87. The van der Waals surface area contributed by atoms with E-state index in [1.165, 1.54) is 6.42 Å². The molecule has 2 amide bonds. The molecule has 0 saturated heterocycles. The van der Waals surface area contributed by atoms with Crippen molar-refractivity contribution >= 4 is 35.0 Å². The molecule has 0 aliphatic heterocycles. The largest absolute Gasteiger partial charge is 0.494 e. The summed E-state index contributed by atoms with van der Waals surface area (Å²) in [5, 5.41) is 4.09. The summed E-state index contributed by atoms with van der Waals surface area (Å²) in [6, 6.07) is 14.5. The average molecular weight is 505 g/mol. The van der Waals surface area contributed by atoms with Gasteiger partial charge in [0.1, 0.15) is 11.8 Å². The topological polar surface area (TPSA) is 58.6 Å². The van der Waals surface area contributed by atoms with Crippen molar-refractivity contribution in [2.24, 2.45) is 0 Å². The Bertz CT molecular complexity index is 933. The minimum atomic E-state index is -0.543. The third kappa shape index (κ3) is 7.92. The van der Waals surface area contributed by atoms with Crippen molar-refractivity contribution in [1.82, 2.24) is 10.2 Å². The molecule has 1 aliphatic carbocycles. The van der Waals surface area contributed by atoms with Crippen molar-refractivity contribution in [3.8, 4) is 5.75 Å². The summed E-state index contributed by atoms with van der Waals surface area (Å²) >= 11 is 12.3. The zero-order valence-corrected chi connectivity index (χ0v) is 21.3. The minimum absolute atomic E-state index is 0.0756. The molecule has 184 valence electrons. The van der Waals surface area contributed by atoms with Crippen LogP contribution in [0.1, 0.15) is 63.9 Å². The van der Waals surface area contributed by atoms with Crippen LogP contribution >= 0.6 is 23.2 Å². The second kappa shape index (κ2) is 13.6. The van der Waals surface area contributed by atoms with E-state index in [2.05, 4.69) is 5.32 Å². The molecule has 5 nitrogen and oxygen atoms in total. The molecule has 1 atom stereocenters. The maximum Gasteiger partial charge on any atom is 0.243 e. The lowest BCUT2D eigenvalue weighted by molar-refractivity contribution is -0.142. The Kier molecular flexibility index (Phi) is 10.5. The van der Waals surface area contributed by atoms with Crippen LogP contribution in [0.2, 0.25) is 10.0 Å². The van der Waals surface area contributed by atoms with Crippen molar-refractivity contribution in [2.45, 2.75) is 76.9 Å². The Hall–Kier alpha value is -2.24. The highest BCUT2D eigenvalue weighted by atomic mass is 35.5. The third-order valence-electron chi connectivity index (χ3n) is 6.22. The van der Waals surface area contributed by atoms with Crippen LogP contribution in [0.15, 0.2) is 48.5 Å². The van der Waals surface area contributed by atoms with Gasteiger partial charge in [-0.15, -0.1) is 0 Å². The standard InChI is InChI=1S/C27H34Cl2N2O3/c1-2-25(27(33)30-21-10-5-3-6-11-21)31(19-20-15-16-23(28)24(29)18-20)26(32)14-9-17-34-22-12-7-4-8-13-22/h4,7-8,12-13,15-16,18,21,25H,2-3,5-6,9-11,14,17,19H2,1H3,(H,30,33). The summed E-state index contributed by atoms with van der Waals surface area (Å²) in [7, 11) is 0. The Balaban J connectivity index is 1.67. The van der Waals surface area contributed by atoms with E-state index < -0.39 is 6.04 Å². The van der Waals surface area contributed by atoms with Gasteiger partial charge in [0.2, 0.25) is 11.8 Å². The molecule has 1 unspecified atom stereocenters. The fraction of sp³-hybridized carbons (Fsp3) is 0.481. The number of benzene rings is 2. The highest BCUT2D eigenvalue weighted by Gasteiger charge is 2.30. The molecule has 34 heavy (non-hydrogen) atoms. The number of nitrogens with zero attached hydrogens (tertiary/aromatic N) is 1. The van der Waals surface area contributed by atoms with Crippen LogP contribution in [0, 0.1) is 0 Å². The number of rotatable bonds is 11. The lowest BCUT2D eigenvalue weighted by atomic mass is 9.95. The summed E-state index contributed by atoms with van der Waals surface area (Å²) in [4.78, 5) is 28.3. The minimum Gasteiger partial charge on any atom is -0.494 e. The number of carbonyl (C=O) groups is 2. The molecule has 0 heterocycles. The SMILES string of the molecule is CCC(C(=O)NC1CCCCC1)N(Cc1ccc(Cl)c(Cl)c1)C(=O)CCCOc1ccccc1. The molecular formula is C27H34Cl2N2O3. The third-order valence-corrected chi connectivity index (χ3v) is 6.96. The Morgan fingerprint density at radius 1 is 1.06 bits per heavy atom. The van der Waals surface area contributed by atoms with Crippen LogP contribution in [-0.2, 0) is 16.1 Å². The second-order valence-electron chi connectivity index (χ2n) is 8.80. The number of carbonyl (C=O) groups excluding carboxylic acids is 2. The predicted octanol–water partition coefficient (Wildman–Crippen LogP) is 6.41. The van der Waals surface area contributed by atoms with E-state index in [0.717, 1.165) is 37.0 Å². The van der Waals surface area contributed by atoms with Crippen molar-refractivity contribution < 1.29 is 14.3 Å². The van der Waals surface area contributed by atoms with E-state index in [1.807, 2.05) is 43.3 Å². The highest BCUT2D eigenvalue weighted by Crippen LogP contribution is 2.25. The highest BCUT2D eigenvalue weighted by molar-refractivity contribution is 6.42. The number of amides is 2. The summed E-state index contributed by atoms with van der Waals surface area (Å²) in [5.41, 5.74) is 0.840. The van der Waals surface area contributed by atoms with E-state index in [-0.39, 0.29) is 17.9 Å². The molecule has 1 fully saturated rings. The average Bonchev–Trinajstić information content (AvgIpc) is 2.85. The van der Waals surface area contributed by atoms with Gasteiger partial charge in [0.05, 0.1) is 16.7 Å². The number of hydrogen-bond acceptors (Lipinski definition) is 3. The Morgan fingerprint density at radius 2 is 1.79 bits per heavy atom. The van der Waals surface area contributed by atoms with Gasteiger partial charge in [0.15, 0.2) is 0 Å². The summed E-state index contributed by atoms with van der Waals surface area (Å²) in [6.45, 7) is 2.67. The molecule has 1 aliphatic rings. The number of hydrogen-bond donors (Lipinski definition) is 1. The van der Waals surface area contributed by atoms with Gasteiger partial charge in [0.25, 0.3) is 0 Å². The van der Waals surface area contributed by atoms with Crippen molar-refractivity contribution in [3.63, 3.8) is 0 Å². The number of halogens is 2. The smallest absolute Gasteiger partial charge is 0.243 e. The maximum absolute atomic E-state index is 13.3. The van der Waals surface area contributed by atoms with E-state index in [9.17, 15) is 9.59 Å². The zero-order chi connectivity index (χ0) is 24.3. The predicted molar refractivity (Wildman–Crippen MR) is 137 cm³/mol. The van der Waals surface area contributed by atoms with Crippen LogP contribution in [0.25, 0.3) is 0 Å². The van der Waals surface area contributed by atoms with Gasteiger partial charge in [0, 0.05) is 19.0 Å². The van der Waals surface area contributed by atoms with Crippen LogP contribution in [-0.4, -0.2) is 35.4 Å². The van der Waals surface area contributed by atoms with Gasteiger partial charge in [-0.1, -0.05) is 73.7 Å². The second-order valence-corrected chi connectivity index (χ2v) is 9.62. The molecule has 0 radical (unpaired) electrons. The molecule has 2 aromatic carbocycles. The molecule has 7 heteroatoms. The van der Waals surface area contributed by atoms with Crippen LogP contribution in [0.3, 0.4) is 0 Å². The van der Waals surface area contributed by atoms with Gasteiger partial charge in [-0.05, 0) is 55.5 Å². The van der Waals surface area contributed by atoms with Crippen LogP contribution in [0.4, 0.5) is 0 Å². The molecule has 0 aromatic heterocycles. The van der Waals surface area contributed by atoms with E-state index >= 15 is 0 Å². The van der Waals surface area contributed by atoms with Gasteiger partial charge in [-0.25, -0.2) is 0 Å². The fourth-order valence-electron chi connectivity index (χ4n) is 4.37. The molecular weight excluding hydrogens is 471 g/mol. The first kappa shape index (κ1) is 26.4. The number of ether oxygens (including phenoxy) is 1. The monoisotopic (exact) mass is 504 g/mol. The van der Waals surface area contributed by atoms with Crippen LogP contribution in [0.5, 0.6) is 5.75 Å². The first-order chi connectivity index (χ1) is 16.5. The van der Waals surface area contributed by atoms with E-state index in [4.69, 9.17) is 27.9 Å².